The van der Waals surface area contributed by atoms with Crippen molar-refractivity contribution >= 4 is 16.8 Å². The van der Waals surface area contributed by atoms with Crippen molar-refractivity contribution in [1.29, 1.82) is 0 Å². The first kappa shape index (κ1) is 25.8. The van der Waals surface area contributed by atoms with Crippen molar-refractivity contribution in [3.8, 4) is 45.2 Å². The first-order valence-corrected chi connectivity index (χ1v) is 14.8. The Morgan fingerprint density at radius 2 is 1.20 bits per heavy atom. The van der Waals surface area contributed by atoms with Crippen molar-refractivity contribution in [3.05, 3.63) is 169 Å². The minimum absolute atomic E-state index is 0.104. The molecule has 0 amide bonds. The summed E-state index contributed by atoms with van der Waals surface area (Å²) in [4.78, 5) is 14.8. The molecule has 44 heavy (non-hydrogen) atoms. The number of pyridine rings is 1. The maximum absolute atomic E-state index is 5.08. The van der Waals surface area contributed by atoms with Crippen LogP contribution in [0.15, 0.2) is 152 Å². The van der Waals surface area contributed by atoms with Crippen LogP contribution in [0.5, 0.6) is 0 Å². The van der Waals surface area contributed by atoms with Gasteiger partial charge in [0, 0.05) is 33.8 Å². The van der Waals surface area contributed by atoms with Crippen LogP contribution in [0.25, 0.3) is 62.0 Å². The van der Waals surface area contributed by atoms with E-state index >= 15 is 0 Å². The van der Waals surface area contributed by atoms with E-state index in [4.69, 9.17) is 15.0 Å². The standard InChI is InChI=1S/C40H28N4/c1-2-10-29(11-3-1)36-26-37(30-14-16-31(17-15-30)38-34-12-6-4-8-27(34)22-24-41-38)44-40(43-36)33-20-18-32(19-21-33)39-35-13-7-5-9-28(35)23-25-42-39/h1-26,39,42H. The molecular weight excluding hydrogens is 536 g/mol. The molecular formula is C40H28N4. The zero-order chi connectivity index (χ0) is 29.3. The lowest BCUT2D eigenvalue weighted by Gasteiger charge is -2.24. The van der Waals surface area contributed by atoms with Crippen molar-refractivity contribution in [3.63, 3.8) is 0 Å². The fourth-order valence-corrected chi connectivity index (χ4v) is 5.98. The van der Waals surface area contributed by atoms with Crippen LogP contribution in [-0.2, 0) is 0 Å². The summed E-state index contributed by atoms with van der Waals surface area (Å²) in [5, 5.41) is 5.85. The molecule has 1 atom stereocenters. The summed E-state index contributed by atoms with van der Waals surface area (Å²) in [5.74, 6) is 0.699. The molecule has 4 heteroatoms. The van der Waals surface area contributed by atoms with Crippen molar-refractivity contribution in [1.82, 2.24) is 20.3 Å². The monoisotopic (exact) mass is 564 g/mol. The van der Waals surface area contributed by atoms with Gasteiger partial charge in [-0.1, -0.05) is 127 Å². The van der Waals surface area contributed by atoms with Gasteiger partial charge in [0.25, 0.3) is 0 Å². The summed E-state index contributed by atoms with van der Waals surface area (Å²) in [6, 6.07) is 48.5. The van der Waals surface area contributed by atoms with E-state index < -0.39 is 0 Å². The molecule has 1 aliphatic heterocycles. The Balaban J connectivity index is 1.17. The Kier molecular flexibility index (Phi) is 6.50. The van der Waals surface area contributed by atoms with Gasteiger partial charge >= 0.3 is 0 Å². The molecule has 3 heterocycles. The Bertz CT molecular complexity index is 2130. The van der Waals surface area contributed by atoms with Crippen LogP contribution < -0.4 is 5.32 Å². The summed E-state index contributed by atoms with van der Waals surface area (Å²) in [7, 11) is 0. The van der Waals surface area contributed by atoms with E-state index in [0.29, 0.717) is 5.82 Å². The highest BCUT2D eigenvalue weighted by Crippen LogP contribution is 2.33. The molecule has 4 nitrogen and oxygen atoms in total. The average Bonchev–Trinajstić information content (AvgIpc) is 3.11. The molecule has 7 aromatic rings. The largest absolute Gasteiger partial charge is 0.380 e. The van der Waals surface area contributed by atoms with E-state index in [1.54, 1.807) is 0 Å². The van der Waals surface area contributed by atoms with Gasteiger partial charge in [0.05, 0.1) is 23.1 Å². The highest BCUT2D eigenvalue weighted by atomic mass is 14.9. The van der Waals surface area contributed by atoms with Gasteiger partial charge in [-0.3, -0.25) is 4.98 Å². The maximum atomic E-state index is 5.08. The molecule has 208 valence electrons. The van der Waals surface area contributed by atoms with Crippen molar-refractivity contribution < 1.29 is 0 Å². The summed E-state index contributed by atoms with van der Waals surface area (Å²) in [6.45, 7) is 0. The quantitative estimate of drug-likeness (QED) is 0.226. The van der Waals surface area contributed by atoms with Crippen LogP contribution in [0, 0.1) is 0 Å². The molecule has 0 saturated heterocycles. The highest BCUT2D eigenvalue weighted by molar-refractivity contribution is 5.94. The van der Waals surface area contributed by atoms with Gasteiger partial charge in [-0.25, -0.2) is 9.97 Å². The lowest BCUT2D eigenvalue weighted by atomic mass is 9.92. The number of fused-ring (bicyclic) bond motifs is 2. The predicted octanol–water partition coefficient (Wildman–Crippen LogP) is 9.36. The van der Waals surface area contributed by atoms with E-state index in [0.717, 1.165) is 44.7 Å². The van der Waals surface area contributed by atoms with E-state index in [1.807, 2.05) is 30.6 Å². The summed E-state index contributed by atoms with van der Waals surface area (Å²) in [5.41, 5.74) is 10.6. The van der Waals surface area contributed by atoms with E-state index in [-0.39, 0.29) is 6.04 Å². The molecule has 0 spiro atoms. The summed E-state index contributed by atoms with van der Waals surface area (Å²) < 4.78 is 0. The lowest BCUT2D eigenvalue weighted by Crippen LogP contribution is -2.20. The maximum Gasteiger partial charge on any atom is 0.160 e. The Hall–Kier alpha value is -5.87. The van der Waals surface area contributed by atoms with Crippen molar-refractivity contribution in [2.75, 3.05) is 0 Å². The topological polar surface area (TPSA) is 50.7 Å². The second-order valence-corrected chi connectivity index (χ2v) is 11.0. The number of aromatic nitrogens is 3. The Labute approximate surface area is 256 Å². The normalized spacial score (nSPS) is 13.8. The van der Waals surface area contributed by atoms with E-state index in [9.17, 15) is 0 Å². The first-order chi connectivity index (χ1) is 21.8. The number of nitrogens with zero attached hydrogens (tertiary/aromatic N) is 3. The fourth-order valence-electron chi connectivity index (χ4n) is 5.98. The zero-order valence-corrected chi connectivity index (χ0v) is 23.9. The molecule has 2 aromatic heterocycles. The molecule has 1 N–H and O–H groups in total. The van der Waals surface area contributed by atoms with Crippen LogP contribution in [0.1, 0.15) is 22.7 Å². The third-order valence-electron chi connectivity index (χ3n) is 8.26. The zero-order valence-electron chi connectivity index (χ0n) is 23.9. The SMILES string of the molecule is C1=Cc2ccccc2C(c2ccc(-c3nc(-c4ccccc4)cc(-c4ccc(-c5nccc6ccccc56)cc4)n3)cc2)N1. The molecule has 5 aromatic carbocycles. The molecule has 0 fully saturated rings. The van der Waals surface area contributed by atoms with Gasteiger partial charge < -0.3 is 5.32 Å². The summed E-state index contributed by atoms with van der Waals surface area (Å²) in [6.07, 6.45) is 6.02. The van der Waals surface area contributed by atoms with Crippen LogP contribution in [0.2, 0.25) is 0 Å². The highest BCUT2D eigenvalue weighted by Gasteiger charge is 2.18. The summed E-state index contributed by atoms with van der Waals surface area (Å²) >= 11 is 0. The number of hydrogen-bond donors (Lipinski definition) is 1. The third kappa shape index (κ3) is 4.83. The first-order valence-electron chi connectivity index (χ1n) is 14.8. The van der Waals surface area contributed by atoms with Crippen LogP contribution in [0.4, 0.5) is 0 Å². The third-order valence-corrected chi connectivity index (χ3v) is 8.26. The second-order valence-electron chi connectivity index (χ2n) is 11.0. The van der Waals surface area contributed by atoms with E-state index in [1.165, 1.54) is 22.1 Å². The van der Waals surface area contributed by atoms with Gasteiger partial charge in [-0.05, 0) is 46.5 Å². The van der Waals surface area contributed by atoms with Crippen molar-refractivity contribution in [2.45, 2.75) is 6.04 Å². The number of benzene rings is 5. The average molecular weight is 565 g/mol. The minimum atomic E-state index is 0.104. The minimum Gasteiger partial charge on any atom is -0.380 e. The molecule has 1 unspecified atom stereocenters. The number of hydrogen-bond acceptors (Lipinski definition) is 4. The predicted molar refractivity (Wildman–Crippen MR) is 180 cm³/mol. The van der Waals surface area contributed by atoms with Gasteiger partial charge in [0.1, 0.15) is 0 Å². The van der Waals surface area contributed by atoms with Gasteiger partial charge in [0.15, 0.2) is 5.82 Å². The smallest absolute Gasteiger partial charge is 0.160 e. The number of rotatable bonds is 5. The fraction of sp³-hybridized carbons (Fsp3) is 0.0250. The lowest BCUT2D eigenvalue weighted by molar-refractivity contribution is 0.721. The molecule has 0 radical (unpaired) electrons. The molecule has 0 aliphatic carbocycles. The van der Waals surface area contributed by atoms with Gasteiger partial charge in [-0.2, -0.15) is 0 Å². The second kappa shape index (κ2) is 11.1. The molecule has 0 bridgehead atoms. The van der Waals surface area contributed by atoms with Crippen LogP contribution in [0.3, 0.4) is 0 Å². The van der Waals surface area contributed by atoms with Crippen LogP contribution in [-0.4, -0.2) is 15.0 Å². The molecule has 1 aliphatic rings. The van der Waals surface area contributed by atoms with Gasteiger partial charge in [-0.15, -0.1) is 0 Å². The van der Waals surface area contributed by atoms with Gasteiger partial charge in [0.2, 0.25) is 0 Å². The Morgan fingerprint density at radius 3 is 2.02 bits per heavy atom. The van der Waals surface area contributed by atoms with E-state index in [2.05, 4.69) is 133 Å². The molecule has 0 saturated carbocycles. The van der Waals surface area contributed by atoms with Crippen LogP contribution >= 0.6 is 0 Å². The van der Waals surface area contributed by atoms with Crippen molar-refractivity contribution in [2.24, 2.45) is 0 Å². The molecule has 8 rings (SSSR count). The Morgan fingerprint density at radius 1 is 0.545 bits per heavy atom. The number of nitrogens with one attached hydrogen (secondary N) is 1.